The average molecular weight is 308 g/mol. The Labute approximate surface area is 121 Å². The predicted octanol–water partition coefficient (Wildman–Crippen LogP) is 2.63. The van der Waals surface area contributed by atoms with Crippen molar-refractivity contribution in [1.82, 2.24) is 15.2 Å². The number of aromatic nitrogens is 3. The van der Waals surface area contributed by atoms with E-state index in [1.165, 1.54) is 0 Å². The van der Waals surface area contributed by atoms with Gasteiger partial charge in [-0.2, -0.15) is 5.10 Å². The van der Waals surface area contributed by atoms with Crippen LogP contribution in [0.1, 0.15) is 17.2 Å². The molecule has 0 spiro atoms. The molecule has 0 bridgehead atoms. The van der Waals surface area contributed by atoms with Gasteiger partial charge in [0.1, 0.15) is 5.82 Å². The first-order chi connectivity index (χ1) is 8.19. The van der Waals surface area contributed by atoms with Gasteiger partial charge in [-0.1, -0.05) is 29.3 Å². The topological polar surface area (TPSA) is 67.6 Å². The van der Waals surface area contributed by atoms with Gasteiger partial charge in [-0.25, -0.2) is 4.98 Å². The lowest BCUT2D eigenvalue weighted by molar-refractivity contribution is 0.874. The normalized spacial score (nSPS) is 10.2. The maximum Gasteiger partial charge on any atom is 0.151 e. The Morgan fingerprint density at radius 2 is 2.00 bits per heavy atom. The van der Waals surface area contributed by atoms with Crippen LogP contribution < -0.4 is 5.73 Å². The molecule has 18 heavy (non-hydrogen) atoms. The van der Waals surface area contributed by atoms with Gasteiger partial charge in [-0.15, -0.1) is 12.4 Å². The fourth-order valence-electron chi connectivity index (χ4n) is 1.50. The third kappa shape index (κ3) is 3.85. The van der Waals surface area contributed by atoms with Crippen LogP contribution in [0.5, 0.6) is 0 Å². The second-order valence-electron chi connectivity index (χ2n) is 3.66. The first-order valence-electron chi connectivity index (χ1n) is 5.23. The lowest BCUT2D eigenvalue weighted by atomic mass is 10.1. The number of nitrogens with one attached hydrogen (secondary N) is 1. The molecule has 2 aromatic rings. The molecule has 1 aromatic heterocycles. The quantitative estimate of drug-likeness (QED) is 0.912. The smallest absolute Gasteiger partial charge is 0.151 e. The van der Waals surface area contributed by atoms with E-state index < -0.39 is 0 Å². The van der Waals surface area contributed by atoms with Crippen molar-refractivity contribution >= 4 is 35.6 Å². The van der Waals surface area contributed by atoms with E-state index in [0.717, 1.165) is 17.2 Å². The molecule has 7 heteroatoms. The van der Waals surface area contributed by atoms with Crippen molar-refractivity contribution in [3.63, 3.8) is 0 Å². The number of hydrogen-bond donors (Lipinski definition) is 2. The third-order valence-electron chi connectivity index (χ3n) is 2.30. The molecular weight excluding hydrogens is 295 g/mol. The summed E-state index contributed by atoms with van der Waals surface area (Å²) in [5.74, 6) is 1.54. The van der Waals surface area contributed by atoms with Crippen LogP contribution in [0.2, 0.25) is 10.0 Å². The minimum absolute atomic E-state index is 0. The lowest BCUT2D eigenvalue weighted by Gasteiger charge is -2.00. The lowest BCUT2D eigenvalue weighted by Crippen LogP contribution is -2.04. The predicted molar refractivity (Wildman–Crippen MR) is 75.7 cm³/mol. The second kappa shape index (κ2) is 6.95. The second-order valence-corrected chi connectivity index (χ2v) is 4.48. The first-order valence-corrected chi connectivity index (χ1v) is 5.99. The molecule has 0 saturated carbocycles. The van der Waals surface area contributed by atoms with Crippen molar-refractivity contribution < 1.29 is 0 Å². The van der Waals surface area contributed by atoms with Gasteiger partial charge in [0.15, 0.2) is 5.82 Å². The highest BCUT2D eigenvalue weighted by Crippen LogP contribution is 2.23. The van der Waals surface area contributed by atoms with E-state index in [0.29, 0.717) is 29.4 Å². The Balaban J connectivity index is 0.00000162. The SMILES string of the molecule is Cl.NCCc1n[nH]c(Cc2ccc(Cl)c(Cl)c2)n1. The number of aromatic amines is 1. The Kier molecular flexibility index (Phi) is 5.88. The van der Waals surface area contributed by atoms with Crippen LogP contribution in [0.25, 0.3) is 0 Å². The molecule has 0 unspecified atom stereocenters. The van der Waals surface area contributed by atoms with Gasteiger partial charge in [0, 0.05) is 12.8 Å². The van der Waals surface area contributed by atoms with Crippen LogP contribution in [0, 0.1) is 0 Å². The number of rotatable bonds is 4. The van der Waals surface area contributed by atoms with Crippen molar-refractivity contribution in [2.45, 2.75) is 12.8 Å². The summed E-state index contributed by atoms with van der Waals surface area (Å²) >= 11 is 11.8. The third-order valence-corrected chi connectivity index (χ3v) is 3.04. The monoisotopic (exact) mass is 306 g/mol. The molecule has 0 atom stereocenters. The van der Waals surface area contributed by atoms with E-state index in [4.69, 9.17) is 28.9 Å². The van der Waals surface area contributed by atoms with Crippen LogP contribution in [0.4, 0.5) is 0 Å². The summed E-state index contributed by atoms with van der Waals surface area (Å²) in [5, 5.41) is 8.05. The van der Waals surface area contributed by atoms with E-state index in [9.17, 15) is 0 Å². The van der Waals surface area contributed by atoms with E-state index in [2.05, 4.69) is 15.2 Å². The van der Waals surface area contributed by atoms with Crippen LogP contribution in [-0.4, -0.2) is 21.7 Å². The van der Waals surface area contributed by atoms with Crippen molar-refractivity contribution in [1.29, 1.82) is 0 Å². The van der Waals surface area contributed by atoms with Crippen LogP contribution in [-0.2, 0) is 12.8 Å². The highest BCUT2D eigenvalue weighted by atomic mass is 35.5. The molecule has 3 N–H and O–H groups in total. The van der Waals surface area contributed by atoms with Crippen molar-refractivity contribution in [3.8, 4) is 0 Å². The summed E-state index contributed by atoms with van der Waals surface area (Å²) in [7, 11) is 0. The molecule has 0 aliphatic heterocycles. The summed E-state index contributed by atoms with van der Waals surface area (Å²) in [6.07, 6.45) is 1.33. The van der Waals surface area contributed by atoms with Gasteiger partial charge in [-0.3, -0.25) is 5.10 Å². The maximum atomic E-state index is 5.94. The summed E-state index contributed by atoms with van der Waals surface area (Å²) in [5.41, 5.74) is 6.47. The number of benzene rings is 1. The zero-order valence-corrected chi connectivity index (χ0v) is 11.8. The zero-order valence-electron chi connectivity index (χ0n) is 9.49. The van der Waals surface area contributed by atoms with Crippen LogP contribution in [0.3, 0.4) is 0 Å². The van der Waals surface area contributed by atoms with Crippen molar-refractivity contribution in [2.75, 3.05) is 6.54 Å². The standard InChI is InChI=1S/C11H12Cl2N4.ClH/c12-8-2-1-7(5-9(8)13)6-11-15-10(3-4-14)16-17-11;/h1-2,5H,3-4,6,14H2,(H,15,16,17);1H. The highest BCUT2D eigenvalue weighted by Gasteiger charge is 2.05. The van der Waals surface area contributed by atoms with Crippen LogP contribution in [0.15, 0.2) is 18.2 Å². The number of nitrogens with two attached hydrogens (primary N) is 1. The molecule has 1 heterocycles. The molecule has 4 nitrogen and oxygen atoms in total. The van der Waals surface area contributed by atoms with Crippen LogP contribution >= 0.6 is 35.6 Å². The maximum absolute atomic E-state index is 5.94. The van der Waals surface area contributed by atoms with Gasteiger partial charge in [0.2, 0.25) is 0 Å². The Morgan fingerprint density at radius 1 is 1.22 bits per heavy atom. The molecular formula is C11H13Cl3N4. The number of hydrogen-bond acceptors (Lipinski definition) is 3. The molecule has 2 rings (SSSR count). The zero-order chi connectivity index (χ0) is 12.3. The van der Waals surface area contributed by atoms with E-state index in [1.54, 1.807) is 6.07 Å². The average Bonchev–Trinajstić information content (AvgIpc) is 2.72. The fraction of sp³-hybridized carbons (Fsp3) is 0.273. The molecule has 98 valence electrons. The van der Waals surface area contributed by atoms with E-state index in [1.807, 2.05) is 12.1 Å². The fourth-order valence-corrected chi connectivity index (χ4v) is 1.82. The highest BCUT2D eigenvalue weighted by molar-refractivity contribution is 6.42. The first kappa shape index (κ1) is 15.2. The molecule has 0 saturated heterocycles. The Hall–Kier alpha value is -0.810. The van der Waals surface area contributed by atoms with Gasteiger partial charge in [0.05, 0.1) is 10.0 Å². The van der Waals surface area contributed by atoms with E-state index in [-0.39, 0.29) is 12.4 Å². The number of nitrogens with zero attached hydrogens (tertiary/aromatic N) is 2. The largest absolute Gasteiger partial charge is 0.330 e. The minimum atomic E-state index is 0. The molecule has 0 amide bonds. The van der Waals surface area contributed by atoms with Gasteiger partial charge < -0.3 is 5.73 Å². The summed E-state index contributed by atoms with van der Waals surface area (Å²) in [4.78, 5) is 4.32. The molecule has 0 aliphatic carbocycles. The molecule has 0 aliphatic rings. The Morgan fingerprint density at radius 3 is 2.67 bits per heavy atom. The van der Waals surface area contributed by atoms with Gasteiger partial charge in [-0.05, 0) is 24.2 Å². The van der Waals surface area contributed by atoms with Crippen molar-refractivity contribution in [3.05, 3.63) is 45.5 Å². The minimum Gasteiger partial charge on any atom is -0.330 e. The van der Waals surface area contributed by atoms with Gasteiger partial charge in [0.25, 0.3) is 0 Å². The molecule has 0 radical (unpaired) electrons. The van der Waals surface area contributed by atoms with Crippen molar-refractivity contribution in [2.24, 2.45) is 5.73 Å². The van der Waals surface area contributed by atoms with E-state index >= 15 is 0 Å². The summed E-state index contributed by atoms with van der Waals surface area (Å²) in [6, 6.07) is 5.52. The van der Waals surface area contributed by atoms with Gasteiger partial charge >= 0.3 is 0 Å². The number of H-pyrrole nitrogens is 1. The summed E-state index contributed by atoms with van der Waals surface area (Å²) < 4.78 is 0. The summed E-state index contributed by atoms with van der Waals surface area (Å²) in [6.45, 7) is 0.546. The number of halogens is 3. The molecule has 1 aromatic carbocycles. The molecule has 0 fully saturated rings. The Bertz CT molecular complexity index is 513.